The highest BCUT2D eigenvalue weighted by Gasteiger charge is 2.33. The van der Waals surface area contributed by atoms with E-state index in [1.807, 2.05) is 0 Å². The number of hydrogen-bond acceptors (Lipinski definition) is 2. The van der Waals surface area contributed by atoms with Crippen molar-refractivity contribution in [2.45, 2.75) is 13.8 Å². The minimum absolute atomic E-state index is 1.04. The lowest BCUT2D eigenvalue weighted by Gasteiger charge is -2.19. The number of benzene rings is 5. The molecule has 0 aromatic heterocycles. The van der Waals surface area contributed by atoms with Crippen LogP contribution in [0.1, 0.15) is 44.5 Å². The molecule has 5 aromatic carbocycles. The lowest BCUT2D eigenvalue weighted by Crippen LogP contribution is -1.99. The van der Waals surface area contributed by atoms with Gasteiger partial charge in [-0.2, -0.15) is 0 Å². The van der Waals surface area contributed by atoms with Gasteiger partial charge in [0.1, 0.15) is 0 Å². The van der Waals surface area contributed by atoms with Crippen LogP contribution in [-0.4, -0.2) is 11.4 Å². The molecule has 1 radical (unpaired) electrons. The van der Waals surface area contributed by atoms with Gasteiger partial charge in [0.2, 0.25) is 0 Å². The second-order valence-electron chi connectivity index (χ2n) is 10.9. The van der Waals surface area contributed by atoms with E-state index < -0.39 is 0 Å². The molecule has 2 heteroatoms. The highest BCUT2D eigenvalue weighted by Crippen LogP contribution is 2.51. The van der Waals surface area contributed by atoms with Gasteiger partial charge < -0.3 is 0 Å². The molecule has 5 aromatic rings. The Morgan fingerprint density at radius 3 is 1.65 bits per heavy atom. The van der Waals surface area contributed by atoms with E-state index in [2.05, 4.69) is 123 Å². The van der Waals surface area contributed by atoms with Crippen LogP contribution in [0.5, 0.6) is 0 Å². The van der Waals surface area contributed by atoms with Gasteiger partial charge in [0.25, 0.3) is 0 Å². The molecule has 2 aliphatic carbocycles. The first-order valence-corrected chi connectivity index (χ1v) is 13.8. The van der Waals surface area contributed by atoms with Crippen LogP contribution in [0.4, 0.5) is 11.4 Å². The molecule has 2 aliphatic heterocycles. The molecule has 0 amide bonds. The van der Waals surface area contributed by atoms with E-state index in [1.165, 1.54) is 72.3 Å². The number of nitrogens with zero attached hydrogens (tertiary/aromatic N) is 2. The normalized spacial score (nSPS) is 14.8. The maximum Gasteiger partial charge on any atom is 0.0795 e. The van der Waals surface area contributed by atoms with Gasteiger partial charge in [0.05, 0.1) is 22.8 Å². The second-order valence-corrected chi connectivity index (χ2v) is 10.9. The monoisotopic (exact) mass is 507 g/mol. The van der Waals surface area contributed by atoms with Crippen molar-refractivity contribution >= 4 is 46.1 Å². The zero-order valence-corrected chi connectivity index (χ0v) is 22.2. The fourth-order valence-electron chi connectivity index (χ4n) is 7.00. The van der Waals surface area contributed by atoms with Crippen molar-refractivity contribution in [3.63, 3.8) is 0 Å². The summed E-state index contributed by atoms with van der Waals surface area (Å²) in [6.07, 6.45) is 4.60. The summed E-state index contributed by atoms with van der Waals surface area (Å²) < 4.78 is 0. The zero-order valence-electron chi connectivity index (χ0n) is 22.2. The fraction of sp³-hybridized carbons (Fsp3) is 0.0526. The minimum Gasteiger partial charge on any atom is -0.247 e. The lowest BCUT2D eigenvalue weighted by atomic mass is 9.84. The van der Waals surface area contributed by atoms with Gasteiger partial charge in [-0.3, -0.25) is 0 Å². The van der Waals surface area contributed by atoms with Crippen molar-refractivity contribution in [1.29, 1.82) is 0 Å². The average Bonchev–Trinajstić information content (AvgIpc) is 3.71. The van der Waals surface area contributed by atoms with E-state index in [4.69, 9.17) is 9.98 Å². The van der Waals surface area contributed by atoms with Crippen LogP contribution in [0, 0.1) is 19.9 Å². The Balaban J connectivity index is 1.23. The van der Waals surface area contributed by atoms with Crippen LogP contribution in [0.2, 0.25) is 0 Å². The number of fused-ring (bicyclic) bond motifs is 10. The third-order valence-corrected chi connectivity index (χ3v) is 8.78. The SMILES string of the molecule is Cc1[c]cc(-c2cccc3c2C2=Cc4ccccc4C2=N3)c(C)c1-c1cccc2c1C1=Cc3ccccc3C1=N2. The molecule has 0 atom stereocenters. The summed E-state index contributed by atoms with van der Waals surface area (Å²) in [5.41, 5.74) is 21.4. The molecule has 40 heavy (non-hydrogen) atoms. The molecule has 0 saturated heterocycles. The minimum atomic E-state index is 1.04. The second kappa shape index (κ2) is 7.74. The highest BCUT2D eigenvalue weighted by atomic mass is 14.8. The Bertz CT molecular complexity index is 2120. The van der Waals surface area contributed by atoms with Gasteiger partial charge in [-0.05, 0) is 94.8 Å². The summed E-state index contributed by atoms with van der Waals surface area (Å²) in [5, 5.41) is 0. The molecular weight excluding hydrogens is 484 g/mol. The van der Waals surface area contributed by atoms with Gasteiger partial charge in [0, 0.05) is 33.4 Å². The molecule has 0 spiro atoms. The summed E-state index contributed by atoms with van der Waals surface area (Å²) in [7, 11) is 0. The first kappa shape index (κ1) is 21.8. The van der Waals surface area contributed by atoms with Crippen LogP contribution in [-0.2, 0) is 0 Å². The third kappa shape index (κ3) is 2.78. The van der Waals surface area contributed by atoms with Gasteiger partial charge in [-0.25, -0.2) is 9.98 Å². The van der Waals surface area contributed by atoms with E-state index >= 15 is 0 Å². The first-order valence-electron chi connectivity index (χ1n) is 13.8. The molecule has 0 bridgehead atoms. The molecular formula is C38H23N2. The van der Waals surface area contributed by atoms with E-state index in [0.29, 0.717) is 0 Å². The number of aliphatic imine (C=N–C) groups is 2. The van der Waals surface area contributed by atoms with Crippen LogP contribution in [0.3, 0.4) is 0 Å². The summed E-state index contributed by atoms with van der Waals surface area (Å²) in [6, 6.07) is 35.9. The first-order chi connectivity index (χ1) is 19.7. The predicted molar refractivity (Wildman–Crippen MR) is 167 cm³/mol. The van der Waals surface area contributed by atoms with Crippen LogP contribution in [0.15, 0.2) is 101 Å². The van der Waals surface area contributed by atoms with Crippen molar-refractivity contribution in [3.05, 3.63) is 142 Å². The van der Waals surface area contributed by atoms with Crippen molar-refractivity contribution in [3.8, 4) is 22.3 Å². The molecule has 4 aliphatic rings. The van der Waals surface area contributed by atoms with Crippen molar-refractivity contribution < 1.29 is 0 Å². The topological polar surface area (TPSA) is 24.7 Å². The van der Waals surface area contributed by atoms with E-state index in [-0.39, 0.29) is 0 Å². The Morgan fingerprint density at radius 1 is 0.500 bits per heavy atom. The summed E-state index contributed by atoms with van der Waals surface area (Å²) in [6.45, 7) is 4.43. The van der Waals surface area contributed by atoms with Crippen molar-refractivity contribution in [2.24, 2.45) is 9.98 Å². The van der Waals surface area contributed by atoms with Crippen molar-refractivity contribution in [1.82, 2.24) is 0 Å². The molecule has 0 fully saturated rings. The fourth-order valence-corrected chi connectivity index (χ4v) is 7.00. The largest absolute Gasteiger partial charge is 0.247 e. The number of hydrogen-bond donors (Lipinski definition) is 0. The quantitative estimate of drug-likeness (QED) is 0.227. The molecule has 0 unspecified atom stereocenters. The number of rotatable bonds is 2. The zero-order chi connectivity index (χ0) is 26.5. The van der Waals surface area contributed by atoms with Gasteiger partial charge in [0.15, 0.2) is 0 Å². The smallest absolute Gasteiger partial charge is 0.0795 e. The van der Waals surface area contributed by atoms with E-state index in [1.54, 1.807) is 0 Å². The van der Waals surface area contributed by atoms with E-state index in [9.17, 15) is 0 Å². The Morgan fingerprint density at radius 2 is 1.02 bits per heavy atom. The summed E-state index contributed by atoms with van der Waals surface area (Å²) >= 11 is 0. The predicted octanol–water partition coefficient (Wildman–Crippen LogP) is 9.41. The van der Waals surface area contributed by atoms with Gasteiger partial charge in [-0.15, -0.1) is 0 Å². The molecule has 2 nitrogen and oxygen atoms in total. The Kier molecular flexibility index (Phi) is 4.22. The molecule has 0 N–H and O–H groups in total. The molecule has 0 saturated carbocycles. The maximum absolute atomic E-state index is 5.10. The molecule has 2 heterocycles. The van der Waals surface area contributed by atoms with Gasteiger partial charge >= 0.3 is 0 Å². The van der Waals surface area contributed by atoms with Crippen LogP contribution in [0.25, 0.3) is 45.6 Å². The highest BCUT2D eigenvalue weighted by molar-refractivity contribution is 6.45. The van der Waals surface area contributed by atoms with Crippen LogP contribution >= 0.6 is 0 Å². The summed E-state index contributed by atoms with van der Waals surface area (Å²) in [5.74, 6) is 0. The average molecular weight is 508 g/mol. The van der Waals surface area contributed by atoms with E-state index in [0.717, 1.165) is 28.4 Å². The maximum atomic E-state index is 5.10. The number of allylic oxidation sites excluding steroid dienone is 2. The summed E-state index contributed by atoms with van der Waals surface area (Å²) in [4.78, 5) is 10.2. The lowest BCUT2D eigenvalue weighted by molar-refractivity contribution is 1.36. The van der Waals surface area contributed by atoms with Crippen molar-refractivity contribution in [2.75, 3.05) is 0 Å². The Labute approximate surface area is 233 Å². The van der Waals surface area contributed by atoms with Crippen LogP contribution < -0.4 is 0 Å². The molecule has 9 rings (SSSR count). The standard InChI is InChI=1S/C38H23N2/c1-21-17-18-25(28-13-7-15-32-35(28)30-19-23-9-3-5-11-26(23)37(30)39-32)22(2)34(21)29-14-8-16-33-36(29)31-20-24-10-4-6-12-27(24)38(31)40-33/h3-16,18-20H,1-2H3. The van der Waals surface area contributed by atoms with Gasteiger partial charge in [-0.1, -0.05) is 72.8 Å². The molecule has 185 valence electrons. The third-order valence-electron chi connectivity index (χ3n) is 8.78. The Hall–Kier alpha value is -5.08. The number of aryl methyl sites for hydroxylation is 1.